The van der Waals surface area contributed by atoms with Crippen molar-refractivity contribution in [1.82, 2.24) is 29.8 Å². The van der Waals surface area contributed by atoms with Crippen molar-refractivity contribution in [2.75, 3.05) is 58.9 Å². The summed E-state index contributed by atoms with van der Waals surface area (Å²) in [4.78, 5) is 87.2. The van der Waals surface area contributed by atoms with Crippen molar-refractivity contribution in [3.8, 4) is 0 Å². The second kappa shape index (κ2) is 22.2. The SMILES string of the molecule is CC(=O)N(CC(=O)N(CC(=O)N(CCCCNC(=N)N)CC(=O)N(CC(=O)N1CCCC1C=O)C(C)C)CC(C)C)CC(c1ccccc1)c1ccccc1. The van der Waals surface area contributed by atoms with Crippen LogP contribution in [0.1, 0.15) is 77.3 Å². The number of amides is 5. The summed E-state index contributed by atoms with van der Waals surface area (Å²) in [5.74, 6) is -2.23. The van der Waals surface area contributed by atoms with E-state index in [0.717, 1.165) is 17.4 Å². The molecule has 3 rings (SSSR count). The first kappa shape index (κ1) is 44.1. The summed E-state index contributed by atoms with van der Waals surface area (Å²) in [7, 11) is 0. The van der Waals surface area contributed by atoms with Gasteiger partial charge in [0.05, 0.1) is 25.7 Å². The molecule has 0 radical (unpaired) electrons. The van der Waals surface area contributed by atoms with Gasteiger partial charge < -0.3 is 40.3 Å². The molecule has 0 aromatic heterocycles. The first-order chi connectivity index (χ1) is 26.2. The van der Waals surface area contributed by atoms with E-state index >= 15 is 0 Å². The molecule has 5 amide bonds. The van der Waals surface area contributed by atoms with E-state index in [1.165, 1.54) is 31.4 Å². The summed E-state index contributed by atoms with van der Waals surface area (Å²) in [5.41, 5.74) is 7.42. The number of carbonyl (C=O) groups is 6. The van der Waals surface area contributed by atoms with Gasteiger partial charge in [-0.2, -0.15) is 0 Å². The van der Waals surface area contributed by atoms with Gasteiger partial charge in [0.15, 0.2) is 5.96 Å². The van der Waals surface area contributed by atoms with Gasteiger partial charge in [-0.25, -0.2) is 0 Å². The molecule has 1 fully saturated rings. The molecule has 0 spiro atoms. The average molecular weight is 761 g/mol. The summed E-state index contributed by atoms with van der Waals surface area (Å²) in [6.07, 6.45) is 3.09. The molecule has 0 bridgehead atoms. The first-order valence-electron chi connectivity index (χ1n) is 19.2. The molecule has 2 aromatic carbocycles. The third kappa shape index (κ3) is 14.1. The van der Waals surface area contributed by atoms with Crippen molar-refractivity contribution in [3.05, 3.63) is 71.8 Å². The van der Waals surface area contributed by atoms with Gasteiger partial charge in [-0.15, -0.1) is 0 Å². The molecule has 1 saturated heterocycles. The summed E-state index contributed by atoms with van der Waals surface area (Å²) >= 11 is 0. The zero-order chi connectivity index (χ0) is 40.5. The van der Waals surface area contributed by atoms with E-state index < -0.39 is 17.9 Å². The minimum absolute atomic E-state index is 0.000116. The van der Waals surface area contributed by atoms with Crippen molar-refractivity contribution in [2.24, 2.45) is 11.7 Å². The molecule has 55 heavy (non-hydrogen) atoms. The molecule has 14 nitrogen and oxygen atoms in total. The van der Waals surface area contributed by atoms with Crippen LogP contribution in [0.4, 0.5) is 0 Å². The Labute approximate surface area is 325 Å². The smallest absolute Gasteiger partial charge is 0.242 e. The molecule has 1 aliphatic heterocycles. The molecule has 300 valence electrons. The van der Waals surface area contributed by atoms with E-state index in [2.05, 4.69) is 5.32 Å². The molecule has 0 saturated carbocycles. The van der Waals surface area contributed by atoms with Crippen LogP contribution >= 0.6 is 0 Å². The lowest BCUT2D eigenvalue weighted by atomic mass is 9.90. The van der Waals surface area contributed by atoms with Gasteiger partial charge in [-0.1, -0.05) is 74.5 Å². The van der Waals surface area contributed by atoms with Crippen LogP contribution in [-0.2, 0) is 28.8 Å². The largest absolute Gasteiger partial charge is 0.370 e. The molecule has 4 N–H and O–H groups in total. The molecule has 0 aliphatic carbocycles. The van der Waals surface area contributed by atoms with Crippen molar-refractivity contribution < 1.29 is 28.8 Å². The lowest BCUT2D eigenvalue weighted by Gasteiger charge is -2.33. The number of nitrogens with zero attached hydrogens (tertiary/aromatic N) is 5. The quantitative estimate of drug-likeness (QED) is 0.0752. The normalized spacial score (nSPS) is 13.8. The number of rotatable bonds is 21. The van der Waals surface area contributed by atoms with Gasteiger partial charge in [0.2, 0.25) is 29.5 Å². The molecule has 1 heterocycles. The lowest BCUT2D eigenvalue weighted by molar-refractivity contribution is -0.148. The van der Waals surface area contributed by atoms with E-state index in [4.69, 9.17) is 11.1 Å². The van der Waals surface area contributed by atoms with Crippen molar-refractivity contribution >= 4 is 41.8 Å². The van der Waals surface area contributed by atoms with Crippen LogP contribution in [0.15, 0.2) is 60.7 Å². The number of hydrogen-bond donors (Lipinski definition) is 3. The van der Waals surface area contributed by atoms with E-state index in [1.807, 2.05) is 74.5 Å². The van der Waals surface area contributed by atoms with Crippen LogP contribution in [0.5, 0.6) is 0 Å². The molecule has 1 aliphatic rings. The van der Waals surface area contributed by atoms with Crippen LogP contribution in [0.25, 0.3) is 0 Å². The highest BCUT2D eigenvalue weighted by Gasteiger charge is 2.33. The number of nitrogens with one attached hydrogen (secondary N) is 2. The Balaban J connectivity index is 1.81. The number of benzene rings is 2. The van der Waals surface area contributed by atoms with Gasteiger partial charge in [0.25, 0.3) is 0 Å². The minimum Gasteiger partial charge on any atom is -0.370 e. The molecule has 1 atom stereocenters. The summed E-state index contributed by atoms with van der Waals surface area (Å²) in [6, 6.07) is 18.7. The number of carbonyl (C=O) groups excluding carboxylic acids is 6. The van der Waals surface area contributed by atoms with Crippen molar-refractivity contribution in [1.29, 1.82) is 5.41 Å². The number of aldehydes is 1. The molecule has 14 heteroatoms. The van der Waals surface area contributed by atoms with E-state index in [0.29, 0.717) is 38.8 Å². The Kier molecular flexibility index (Phi) is 17.8. The van der Waals surface area contributed by atoms with E-state index in [1.54, 1.807) is 13.8 Å². The number of guanidine groups is 1. The molecule has 2 aromatic rings. The monoisotopic (exact) mass is 760 g/mol. The zero-order valence-electron chi connectivity index (χ0n) is 33.1. The highest BCUT2D eigenvalue weighted by Crippen LogP contribution is 2.26. The molecular formula is C41H60N8O6. The Morgan fingerprint density at radius 2 is 1.38 bits per heavy atom. The highest BCUT2D eigenvalue weighted by atomic mass is 16.2. The van der Waals surface area contributed by atoms with E-state index in [9.17, 15) is 28.8 Å². The predicted octanol–water partition coefficient (Wildman–Crippen LogP) is 2.67. The van der Waals surface area contributed by atoms with Crippen LogP contribution in [-0.4, -0.2) is 137 Å². The summed E-state index contributed by atoms with van der Waals surface area (Å²) < 4.78 is 0. The Morgan fingerprint density at radius 3 is 1.91 bits per heavy atom. The zero-order valence-corrected chi connectivity index (χ0v) is 33.1. The molecule has 1 unspecified atom stereocenters. The standard InChI is InChI=1S/C41H60N8O6/c1-30(2)23-47(38(53)25-46(32(5)51)24-36(33-15-8-6-9-16-33)34-17-10-7-11-18-34)26-37(52)45(21-13-12-20-44-41(42)43)27-39(54)49(31(3)4)28-40(55)48-22-14-19-35(48)29-50/h6-11,15-18,29-31,35-36H,12-14,19-28H2,1-5H3,(H4,42,43,44). The van der Waals surface area contributed by atoms with Crippen LogP contribution in [0.3, 0.4) is 0 Å². The fourth-order valence-electron chi connectivity index (χ4n) is 6.76. The summed E-state index contributed by atoms with van der Waals surface area (Å²) in [6.45, 7) is 9.32. The maximum absolute atomic E-state index is 14.1. The third-order valence-electron chi connectivity index (χ3n) is 9.72. The van der Waals surface area contributed by atoms with Gasteiger partial charge in [-0.05, 0) is 56.6 Å². The third-order valence-corrected chi connectivity index (χ3v) is 9.72. The lowest BCUT2D eigenvalue weighted by Crippen LogP contribution is -2.53. The van der Waals surface area contributed by atoms with E-state index in [-0.39, 0.29) is 87.4 Å². The molecular weight excluding hydrogens is 701 g/mol. The van der Waals surface area contributed by atoms with Crippen LogP contribution in [0.2, 0.25) is 0 Å². The highest BCUT2D eigenvalue weighted by molar-refractivity contribution is 5.91. The average Bonchev–Trinajstić information content (AvgIpc) is 3.64. The van der Waals surface area contributed by atoms with Gasteiger partial charge >= 0.3 is 0 Å². The number of hydrogen-bond acceptors (Lipinski definition) is 7. The number of unbranched alkanes of at least 4 members (excludes halogenated alkanes) is 1. The second-order valence-electron chi connectivity index (χ2n) is 14.9. The van der Waals surface area contributed by atoms with Crippen molar-refractivity contribution in [2.45, 2.75) is 78.3 Å². The van der Waals surface area contributed by atoms with Crippen LogP contribution < -0.4 is 11.1 Å². The Hall–Kier alpha value is -5.27. The predicted molar refractivity (Wildman–Crippen MR) is 212 cm³/mol. The number of nitrogens with two attached hydrogens (primary N) is 1. The van der Waals surface area contributed by atoms with Gasteiger partial charge in [0.1, 0.15) is 12.8 Å². The fraction of sp³-hybridized carbons (Fsp3) is 0.537. The maximum Gasteiger partial charge on any atom is 0.242 e. The van der Waals surface area contributed by atoms with Gasteiger partial charge in [0, 0.05) is 51.6 Å². The second-order valence-corrected chi connectivity index (χ2v) is 14.9. The first-order valence-corrected chi connectivity index (χ1v) is 19.2. The van der Waals surface area contributed by atoms with Gasteiger partial charge in [-0.3, -0.25) is 29.4 Å². The number of likely N-dealkylation sites (tertiary alicyclic amines) is 1. The topological polar surface area (TPSA) is 181 Å². The minimum atomic E-state index is -0.510. The fourth-order valence-corrected chi connectivity index (χ4v) is 6.76. The maximum atomic E-state index is 14.1. The summed E-state index contributed by atoms with van der Waals surface area (Å²) in [5, 5.41) is 10.2. The van der Waals surface area contributed by atoms with Crippen LogP contribution in [0, 0.1) is 11.3 Å². The Bertz CT molecular complexity index is 1550. The Morgan fingerprint density at radius 1 is 0.818 bits per heavy atom. The van der Waals surface area contributed by atoms with Crippen molar-refractivity contribution in [3.63, 3.8) is 0 Å².